The standard InChI is InChI=1S/C59H100O12/c1-4-7-10-13-16-19-22-25-26-29-32-35-38-41-44-47-53(62)70-57-55(64)54(63)56(58(65)66)71-59(57)68-49-50(69-52(61)46-43-40-37-34-31-28-24-21-18-15-12-9-6-3)48-67-51(60)45-42-39-36-33-30-27-23-20-17-14-11-8-5-2/h8,11,17,20-21,24,27,30,36,39,50,54-57,59,63-64H,4-7,9-10,12-16,18-19,22-23,25-26,28-29,31-35,37-38,40-49H2,1-3H3,(H,65,66)/b11-8-,20-17-,24-21-,30-27-,39-36-. The first kappa shape index (κ1) is 65.4. The molecule has 0 aromatic carbocycles. The first-order valence-corrected chi connectivity index (χ1v) is 28.3. The van der Waals surface area contributed by atoms with Crippen molar-refractivity contribution in [3.05, 3.63) is 60.8 Å². The molecule has 408 valence electrons. The molecular formula is C59H100O12. The third kappa shape index (κ3) is 37.8. The van der Waals surface area contributed by atoms with Crippen LogP contribution in [0.5, 0.6) is 0 Å². The molecule has 0 aromatic rings. The molecule has 1 rings (SSSR count). The van der Waals surface area contributed by atoms with E-state index in [9.17, 15) is 34.5 Å². The van der Waals surface area contributed by atoms with E-state index in [-0.39, 0.29) is 25.9 Å². The van der Waals surface area contributed by atoms with Gasteiger partial charge in [0.15, 0.2) is 24.6 Å². The summed E-state index contributed by atoms with van der Waals surface area (Å²) in [7, 11) is 0. The van der Waals surface area contributed by atoms with Crippen LogP contribution in [-0.2, 0) is 42.9 Å². The summed E-state index contributed by atoms with van der Waals surface area (Å²) < 4.78 is 28.3. The summed E-state index contributed by atoms with van der Waals surface area (Å²) in [4.78, 5) is 50.9. The summed E-state index contributed by atoms with van der Waals surface area (Å²) in [6.45, 7) is 5.78. The van der Waals surface area contributed by atoms with Crippen molar-refractivity contribution in [3.8, 4) is 0 Å². The van der Waals surface area contributed by atoms with E-state index in [1.807, 2.05) is 12.2 Å². The van der Waals surface area contributed by atoms with Gasteiger partial charge in [0.05, 0.1) is 6.61 Å². The minimum Gasteiger partial charge on any atom is -0.479 e. The highest BCUT2D eigenvalue weighted by molar-refractivity contribution is 5.74. The molecule has 71 heavy (non-hydrogen) atoms. The smallest absolute Gasteiger partial charge is 0.335 e. The van der Waals surface area contributed by atoms with Crippen molar-refractivity contribution in [2.45, 2.75) is 276 Å². The summed E-state index contributed by atoms with van der Waals surface area (Å²) in [6.07, 6.45) is 45.0. The van der Waals surface area contributed by atoms with Crippen LogP contribution in [0.1, 0.15) is 239 Å². The summed E-state index contributed by atoms with van der Waals surface area (Å²) in [5.74, 6) is -3.23. The van der Waals surface area contributed by atoms with Gasteiger partial charge < -0.3 is 39.0 Å². The zero-order valence-corrected chi connectivity index (χ0v) is 44.7. The lowest BCUT2D eigenvalue weighted by atomic mass is 9.98. The Morgan fingerprint density at radius 3 is 1.42 bits per heavy atom. The van der Waals surface area contributed by atoms with E-state index in [1.165, 1.54) is 89.9 Å². The molecule has 0 bridgehead atoms. The van der Waals surface area contributed by atoms with Crippen molar-refractivity contribution in [1.29, 1.82) is 0 Å². The van der Waals surface area contributed by atoms with E-state index < -0.39 is 67.3 Å². The average Bonchev–Trinajstić information content (AvgIpc) is 3.35. The van der Waals surface area contributed by atoms with E-state index in [1.54, 1.807) is 0 Å². The van der Waals surface area contributed by atoms with Crippen molar-refractivity contribution in [2.24, 2.45) is 0 Å². The van der Waals surface area contributed by atoms with Crippen LogP contribution in [-0.4, -0.2) is 89.2 Å². The van der Waals surface area contributed by atoms with E-state index in [0.29, 0.717) is 19.3 Å². The molecule has 3 N–H and O–H groups in total. The number of hydrogen-bond acceptors (Lipinski definition) is 11. The molecule has 12 heteroatoms. The van der Waals surface area contributed by atoms with Gasteiger partial charge in [-0.3, -0.25) is 14.4 Å². The molecule has 1 aliphatic rings. The van der Waals surface area contributed by atoms with E-state index in [0.717, 1.165) is 89.9 Å². The molecule has 1 saturated heterocycles. The minimum absolute atomic E-state index is 0.0556. The van der Waals surface area contributed by atoms with Gasteiger partial charge in [0, 0.05) is 19.3 Å². The maximum Gasteiger partial charge on any atom is 0.335 e. The monoisotopic (exact) mass is 1000 g/mol. The maximum absolute atomic E-state index is 13.1. The van der Waals surface area contributed by atoms with Gasteiger partial charge in [-0.2, -0.15) is 0 Å². The van der Waals surface area contributed by atoms with Crippen LogP contribution in [0, 0.1) is 0 Å². The highest BCUT2D eigenvalue weighted by Crippen LogP contribution is 2.26. The van der Waals surface area contributed by atoms with E-state index in [4.69, 9.17) is 23.7 Å². The lowest BCUT2D eigenvalue weighted by molar-refractivity contribution is -0.301. The second-order valence-electron chi connectivity index (χ2n) is 19.2. The lowest BCUT2D eigenvalue weighted by Gasteiger charge is -2.40. The SMILES string of the molecule is CC/C=C\C/C=C\C/C=C\C/C=C\CCC(=O)OCC(COC1OC(C(=O)O)C(O)C(O)C1OC(=O)CCCCCCCCCCCCCCCCC)OC(=O)CCCCCCC/C=C\CCCCCC. The Kier molecular flexibility index (Phi) is 43.7. The zero-order chi connectivity index (χ0) is 51.8. The van der Waals surface area contributed by atoms with Crippen LogP contribution in [0.4, 0.5) is 0 Å². The first-order chi connectivity index (χ1) is 34.6. The number of ether oxygens (including phenoxy) is 5. The fraction of sp³-hybridized carbons (Fsp3) is 0.763. The van der Waals surface area contributed by atoms with E-state index >= 15 is 0 Å². The summed E-state index contributed by atoms with van der Waals surface area (Å²) >= 11 is 0. The maximum atomic E-state index is 13.1. The van der Waals surface area contributed by atoms with Crippen molar-refractivity contribution >= 4 is 23.9 Å². The molecule has 0 saturated carbocycles. The molecular weight excluding hydrogens is 901 g/mol. The summed E-state index contributed by atoms with van der Waals surface area (Å²) in [6, 6.07) is 0. The molecule has 1 fully saturated rings. The number of aliphatic carboxylic acids is 1. The fourth-order valence-electron chi connectivity index (χ4n) is 8.26. The van der Waals surface area contributed by atoms with E-state index in [2.05, 4.69) is 69.4 Å². The Hall–Kier alpha value is -3.58. The number of carboxylic acids is 1. The number of carbonyl (C=O) groups is 4. The molecule has 0 spiro atoms. The second-order valence-corrected chi connectivity index (χ2v) is 19.2. The predicted molar refractivity (Wildman–Crippen MR) is 285 cm³/mol. The molecule has 1 heterocycles. The quantitative estimate of drug-likeness (QED) is 0.0228. The Balaban J connectivity index is 2.74. The molecule has 0 aliphatic carbocycles. The number of aliphatic hydroxyl groups excluding tert-OH is 2. The lowest BCUT2D eigenvalue weighted by Crippen LogP contribution is -2.61. The largest absolute Gasteiger partial charge is 0.479 e. The second kappa shape index (κ2) is 47.4. The first-order valence-electron chi connectivity index (χ1n) is 28.3. The number of allylic oxidation sites excluding steroid dienone is 10. The highest BCUT2D eigenvalue weighted by Gasteiger charge is 2.50. The van der Waals surface area contributed by atoms with Gasteiger partial charge in [-0.15, -0.1) is 0 Å². The van der Waals surface area contributed by atoms with Gasteiger partial charge in [-0.05, 0) is 70.6 Å². The Morgan fingerprint density at radius 2 is 0.915 bits per heavy atom. The van der Waals surface area contributed by atoms with Gasteiger partial charge in [-0.1, -0.05) is 210 Å². The molecule has 12 nitrogen and oxygen atoms in total. The van der Waals surface area contributed by atoms with Crippen LogP contribution in [0.3, 0.4) is 0 Å². The number of carbonyl (C=O) groups excluding carboxylic acids is 3. The highest BCUT2D eigenvalue weighted by atomic mass is 16.7. The van der Waals surface area contributed by atoms with Crippen molar-refractivity contribution in [3.63, 3.8) is 0 Å². The third-order valence-electron chi connectivity index (χ3n) is 12.6. The number of esters is 3. The van der Waals surface area contributed by atoms with Gasteiger partial charge in [-0.25, -0.2) is 4.79 Å². The van der Waals surface area contributed by atoms with Gasteiger partial charge in [0.1, 0.15) is 18.8 Å². The van der Waals surface area contributed by atoms with Crippen LogP contribution in [0.25, 0.3) is 0 Å². The Labute approximate surface area is 430 Å². The van der Waals surface area contributed by atoms with Crippen LogP contribution in [0.2, 0.25) is 0 Å². The number of hydrogen-bond donors (Lipinski definition) is 3. The molecule has 0 amide bonds. The van der Waals surface area contributed by atoms with Crippen molar-refractivity contribution in [1.82, 2.24) is 0 Å². The number of unbranched alkanes of at least 4 members (excludes halogenated alkanes) is 23. The molecule has 0 aromatic heterocycles. The number of carboxylic acid groups (broad SMARTS) is 1. The van der Waals surface area contributed by atoms with Gasteiger partial charge >= 0.3 is 23.9 Å². The summed E-state index contributed by atoms with van der Waals surface area (Å²) in [5, 5.41) is 31.4. The van der Waals surface area contributed by atoms with Crippen molar-refractivity contribution < 1.29 is 58.2 Å². The number of rotatable bonds is 47. The average molecular weight is 1000 g/mol. The molecule has 6 unspecified atom stereocenters. The van der Waals surface area contributed by atoms with Crippen LogP contribution >= 0.6 is 0 Å². The molecule has 0 radical (unpaired) electrons. The molecule has 1 aliphatic heterocycles. The van der Waals surface area contributed by atoms with Crippen molar-refractivity contribution in [2.75, 3.05) is 13.2 Å². The fourth-order valence-corrected chi connectivity index (χ4v) is 8.26. The summed E-state index contributed by atoms with van der Waals surface area (Å²) in [5.41, 5.74) is 0. The number of aliphatic hydroxyl groups is 2. The topological polar surface area (TPSA) is 175 Å². The van der Waals surface area contributed by atoms with Crippen LogP contribution in [0.15, 0.2) is 60.8 Å². The Morgan fingerprint density at radius 1 is 0.479 bits per heavy atom. The normalized spacial score (nSPS) is 18.9. The van der Waals surface area contributed by atoms with Crippen LogP contribution < -0.4 is 0 Å². The molecule has 6 atom stereocenters. The van der Waals surface area contributed by atoms with Gasteiger partial charge in [0.25, 0.3) is 0 Å². The van der Waals surface area contributed by atoms with Gasteiger partial charge in [0.2, 0.25) is 0 Å². The zero-order valence-electron chi connectivity index (χ0n) is 44.7. The predicted octanol–water partition coefficient (Wildman–Crippen LogP) is 14.0. The Bertz CT molecular complexity index is 1470. The third-order valence-corrected chi connectivity index (χ3v) is 12.6. The minimum atomic E-state index is -1.91.